The summed E-state index contributed by atoms with van der Waals surface area (Å²) in [5.74, 6) is 1.55. The number of benzene rings is 2. The lowest BCUT2D eigenvalue weighted by Crippen LogP contribution is -2.54. The van der Waals surface area contributed by atoms with Gasteiger partial charge in [-0.05, 0) is 55.3 Å². The van der Waals surface area contributed by atoms with E-state index in [1.807, 2.05) is 30.0 Å². The fourth-order valence-electron chi connectivity index (χ4n) is 4.53. The van der Waals surface area contributed by atoms with Crippen molar-refractivity contribution in [3.05, 3.63) is 70.6 Å². The zero-order valence-electron chi connectivity index (χ0n) is 23.5. The standard InChI is InChI=1S/C29H33ClFN5O4S/c1-19-17-35(13-14-36(19)28(38)21-6-8-22(31)9-7-21)26-16-25(30)32-29(33-26)41-18-27(37)34(2)12-11-20-5-10-23(39-3)24(15-20)40-4/h5-10,15-16,19H,11-14,17-18H2,1-4H3. The largest absolute Gasteiger partial charge is 0.493 e. The third kappa shape index (κ3) is 7.80. The fraction of sp³-hybridized carbons (Fsp3) is 0.379. The molecule has 2 amide bonds. The van der Waals surface area contributed by atoms with E-state index in [-0.39, 0.29) is 34.6 Å². The summed E-state index contributed by atoms with van der Waals surface area (Å²) in [4.78, 5) is 40.2. The molecule has 9 nitrogen and oxygen atoms in total. The SMILES string of the molecule is COc1ccc(CCN(C)C(=O)CSc2nc(Cl)cc(N3CCN(C(=O)c4ccc(F)cc4)C(C)C3)n2)cc1OC. The van der Waals surface area contributed by atoms with Crippen LogP contribution in [0.2, 0.25) is 5.15 Å². The van der Waals surface area contributed by atoms with Crippen molar-refractivity contribution >= 4 is 41.0 Å². The molecule has 2 heterocycles. The number of ether oxygens (including phenoxy) is 2. The van der Waals surface area contributed by atoms with Crippen LogP contribution in [0.5, 0.6) is 11.5 Å². The van der Waals surface area contributed by atoms with Gasteiger partial charge in [-0.3, -0.25) is 9.59 Å². The second-order valence-electron chi connectivity index (χ2n) is 9.68. The maximum Gasteiger partial charge on any atom is 0.254 e. The van der Waals surface area contributed by atoms with Gasteiger partial charge in [-0.25, -0.2) is 14.4 Å². The zero-order valence-corrected chi connectivity index (χ0v) is 25.0. The first-order chi connectivity index (χ1) is 19.7. The molecular weight excluding hydrogens is 569 g/mol. The molecule has 1 atom stereocenters. The minimum Gasteiger partial charge on any atom is -0.493 e. The van der Waals surface area contributed by atoms with Crippen molar-refractivity contribution in [1.82, 2.24) is 19.8 Å². The van der Waals surface area contributed by atoms with Crippen LogP contribution < -0.4 is 14.4 Å². The molecule has 1 aliphatic heterocycles. The molecule has 3 aromatic rings. The zero-order chi connectivity index (χ0) is 29.5. The van der Waals surface area contributed by atoms with Crippen molar-refractivity contribution in [2.24, 2.45) is 0 Å². The predicted molar refractivity (Wildman–Crippen MR) is 158 cm³/mol. The summed E-state index contributed by atoms with van der Waals surface area (Å²) in [5.41, 5.74) is 1.49. The van der Waals surface area contributed by atoms with Crippen LogP contribution in [0, 0.1) is 5.82 Å². The minimum absolute atomic E-state index is 0.0536. The second-order valence-corrected chi connectivity index (χ2v) is 11.0. The van der Waals surface area contributed by atoms with Crippen molar-refractivity contribution < 1.29 is 23.5 Å². The number of thioether (sulfide) groups is 1. The van der Waals surface area contributed by atoms with Gasteiger partial charge in [0, 0.05) is 50.9 Å². The molecule has 2 aromatic carbocycles. The van der Waals surface area contributed by atoms with E-state index >= 15 is 0 Å². The molecule has 1 unspecified atom stereocenters. The average Bonchev–Trinajstić information content (AvgIpc) is 2.98. The van der Waals surface area contributed by atoms with Gasteiger partial charge in [0.05, 0.1) is 20.0 Å². The van der Waals surface area contributed by atoms with E-state index in [9.17, 15) is 14.0 Å². The molecule has 12 heteroatoms. The van der Waals surface area contributed by atoms with Gasteiger partial charge in [-0.15, -0.1) is 0 Å². The molecule has 0 aliphatic carbocycles. The number of anilines is 1. The summed E-state index contributed by atoms with van der Waals surface area (Å²) in [6.07, 6.45) is 0.666. The van der Waals surface area contributed by atoms with Crippen LogP contribution in [0.15, 0.2) is 53.7 Å². The highest BCUT2D eigenvalue weighted by Gasteiger charge is 2.29. The maximum atomic E-state index is 13.3. The van der Waals surface area contributed by atoms with E-state index in [4.69, 9.17) is 21.1 Å². The Morgan fingerprint density at radius 3 is 2.49 bits per heavy atom. The number of methoxy groups -OCH3 is 2. The molecule has 218 valence electrons. The molecule has 0 bridgehead atoms. The summed E-state index contributed by atoms with van der Waals surface area (Å²) >= 11 is 7.55. The Hall–Kier alpha value is -3.57. The van der Waals surface area contributed by atoms with Crippen LogP contribution in [0.25, 0.3) is 0 Å². The van der Waals surface area contributed by atoms with Gasteiger partial charge >= 0.3 is 0 Å². The lowest BCUT2D eigenvalue weighted by Gasteiger charge is -2.40. The quantitative estimate of drug-likeness (QED) is 0.192. The smallest absolute Gasteiger partial charge is 0.254 e. The number of aromatic nitrogens is 2. The van der Waals surface area contributed by atoms with Gasteiger partial charge in [-0.2, -0.15) is 0 Å². The van der Waals surface area contributed by atoms with Gasteiger partial charge in [0.2, 0.25) is 5.91 Å². The first kappa shape index (κ1) is 30.4. The highest BCUT2D eigenvalue weighted by atomic mass is 35.5. The molecule has 0 saturated carbocycles. The highest BCUT2D eigenvalue weighted by molar-refractivity contribution is 7.99. The molecule has 4 rings (SSSR count). The first-order valence-electron chi connectivity index (χ1n) is 13.1. The summed E-state index contributed by atoms with van der Waals surface area (Å²) in [6, 6.07) is 12.9. The third-order valence-electron chi connectivity index (χ3n) is 6.90. The predicted octanol–water partition coefficient (Wildman–Crippen LogP) is 4.43. The Kier molecular flexibility index (Phi) is 10.3. The van der Waals surface area contributed by atoms with Crippen LogP contribution in [0.1, 0.15) is 22.8 Å². The van der Waals surface area contributed by atoms with Crippen molar-refractivity contribution in [3.63, 3.8) is 0 Å². The van der Waals surface area contributed by atoms with Crippen LogP contribution >= 0.6 is 23.4 Å². The molecule has 1 saturated heterocycles. The Labute approximate surface area is 248 Å². The second kappa shape index (κ2) is 13.9. The van der Waals surface area contributed by atoms with Crippen LogP contribution in [-0.2, 0) is 11.2 Å². The van der Waals surface area contributed by atoms with Gasteiger partial charge in [0.1, 0.15) is 16.8 Å². The van der Waals surface area contributed by atoms with E-state index < -0.39 is 0 Å². The topological polar surface area (TPSA) is 88.1 Å². The van der Waals surface area contributed by atoms with Crippen molar-refractivity contribution in [1.29, 1.82) is 0 Å². The van der Waals surface area contributed by atoms with Crippen LogP contribution in [0.3, 0.4) is 0 Å². The first-order valence-corrected chi connectivity index (χ1v) is 14.5. The third-order valence-corrected chi connectivity index (χ3v) is 7.92. The number of hydrogen-bond acceptors (Lipinski definition) is 8. The molecule has 0 N–H and O–H groups in total. The molecule has 1 fully saturated rings. The van der Waals surface area contributed by atoms with E-state index in [2.05, 4.69) is 9.97 Å². The number of carbonyl (C=O) groups excluding carboxylic acids is 2. The van der Waals surface area contributed by atoms with Gasteiger partial charge in [0.25, 0.3) is 5.91 Å². The Morgan fingerprint density at radius 1 is 1.07 bits per heavy atom. The number of piperazine rings is 1. The van der Waals surface area contributed by atoms with Gasteiger partial charge in [-0.1, -0.05) is 29.4 Å². The summed E-state index contributed by atoms with van der Waals surface area (Å²) in [7, 11) is 4.95. The van der Waals surface area contributed by atoms with E-state index in [1.165, 1.54) is 36.0 Å². The fourth-order valence-corrected chi connectivity index (χ4v) is 5.55. The average molecular weight is 602 g/mol. The molecule has 0 radical (unpaired) electrons. The number of amides is 2. The van der Waals surface area contributed by atoms with Crippen molar-refractivity contribution in [3.8, 4) is 11.5 Å². The molecule has 1 aliphatic rings. The number of nitrogens with zero attached hydrogens (tertiary/aromatic N) is 5. The Morgan fingerprint density at radius 2 is 1.80 bits per heavy atom. The normalized spacial score (nSPS) is 15.0. The molecule has 41 heavy (non-hydrogen) atoms. The molecule has 0 spiro atoms. The van der Waals surface area contributed by atoms with Gasteiger partial charge < -0.3 is 24.2 Å². The minimum atomic E-state index is -0.378. The lowest BCUT2D eigenvalue weighted by atomic mass is 10.1. The van der Waals surface area contributed by atoms with Crippen molar-refractivity contribution in [2.45, 2.75) is 24.5 Å². The van der Waals surface area contributed by atoms with Crippen molar-refractivity contribution in [2.75, 3.05) is 58.1 Å². The maximum absolute atomic E-state index is 13.3. The summed E-state index contributed by atoms with van der Waals surface area (Å²) in [6.45, 7) is 4.07. The Balaban J connectivity index is 1.31. The summed E-state index contributed by atoms with van der Waals surface area (Å²) < 4.78 is 23.9. The number of likely N-dealkylation sites (N-methyl/N-ethyl adjacent to an activating group) is 1. The molecule has 1 aromatic heterocycles. The van der Waals surface area contributed by atoms with Crippen LogP contribution in [0.4, 0.5) is 10.2 Å². The number of halogens is 2. The highest BCUT2D eigenvalue weighted by Crippen LogP contribution is 2.28. The van der Waals surface area contributed by atoms with E-state index in [0.717, 1.165) is 5.56 Å². The van der Waals surface area contributed by atoms with Crippen LogP contribution in [-0.4, -0.2) is 90.8 Å². The van der Waals surface area contributed by atoms with E-state index in [1.54, 1.807) is 37.1 Å². The number of hydrogen-bond donors (Lipinski definition) is 0. The lowest BCUT2D eigenvalue weighted by molar-refractivity contribution is -0.127. The monoisotopic (exact) mass is 601 g/mol. The molecular formula is C29H33ClFN5O4S. The summed E-state index contributed by atoms with van der Waals surface area (Å²) in [5, 5.41) is 0.691. The number of carbonyl (C=O) groups is 2. The van der Waals surface area contributed by atoms with E-state index in [0.29, 0.717) is 60.6 Å². The van der Waals surface area contributed by atoms with Gasteiger partial charge in [0.15, 0.2) is 16.7 Å². The Bertz CT molecular complexity index is 1380. The number of rotatable bonds is 10.